The molecule has 106 valence electrons. The van der Waals surface area contributed by atoms with Gasteiger partial charge in [0.1, 0.15) is 11.9 Å². The minimum Gasteiger partial charge on any atom is -0.494 e. The smallest absolute Gasteiger partial charge is 0.120 e. The van der Waals surface area contributed by atoms with Gasteiger partial charge in [-0.2, -0.15) is 0 Å². The molecule has 0 bridgehead atoms. The second kappa shape index (κ2) is 6.61. The molecule has 2 rings (SSSR count). The number of benzene rings is 2. The van der Waals surface area contributed by atoms with Gasteiger partial charge >= 0.3 is 0 Å². The first-order chi connectivity index (χ1) is 9.52. The summed E-state index contributed by atoms with van der Waals surface area (Å²) in [7, 11) is 0. The Morgan fingerprint density at radius 2 is 1.90 bits per heavy atom. The fraction of sp³-hybridized carbons (Fsp3) is 0.250. The molecule has 0 heterocycles. The Morgan fingerprint density at radius 1 is 1.20 bits per heavy atom. The molecule has 0 aliphatic rings. The van der Waals surface area contributed by atoms with Crippen molar-refractivity contribution in [3.8, 4) is 5.75 Å². The van der Waals surface area contributed by atoms with Crippen molar-refractivity contribution in [3.05, 3.63) is 62.6 Å². The highest BCUT2D eigenvalue weighted by atomic mass is 79.9. The molecular weight excluding hydrogens is 340 g/mol. The lowest BCUT2D eigenvalue weighted by molar-refractivity contribution is 0.218. The molecule has 2 aromatic rings. The molecule has 2 aromatic carbocycles. The molecule has 0 fully saturated rings. The van der Waals surface area contributed by atoms with Crippen LogP contribution in [-0.4, -0.2) is 11.7 Å². The zero-order valence-corrected chi connectivity index (χ0v) is 13.7. The van der Waals surface area contributed by atoms with E-state index in [9.17, 15) is 5.11 Å². The van der Waals surface area contributed by atoms with Crippen molar-refractivity contribution in [3.63, 3.8) is 0 Å². The van der Waals surface area contributed by atoms with Crippen LogP contribution >= 0.6 is 27.5 Å². The van der Waals surface area contributed by atoms with E-state index < -0.39 is 6.10 Å². The van der Waals surface area contributed by atoms with Crippen molar-refractivity contribution in [2.45, 2.75) is 20.0 Å². The molecular formula is C16H16BrClO2. The van der Waals surface area contributed by atoms with Crippen LogP contribution in [0.2, 0.25) is 5.02 Å². The number of hydrogen-bond donors (Lipinski definition) is 1. The van der Waals surface area contributed by atoms with Crippen molar-refractivity contribution in [2.75, 3.05) is 6.61 Å². The maximum absolute atomic E-state index is 10.6. The van der Waals surface area contributed by atoms with Gasteiger partial charge in [-0.25, -0.2) is 0 Å². The average molecular weight is 356 g/mol. The van der Waals surface area contributed by atoms with E-state index in [1.807, 2.05) is 44.2 Å². The summed E-state index contributed by atoms with van der Waals surface area (Å²) in [6, 6.07) is 11.1. The molecule has 2 nitrogen and oxygen atoms in total. The quantitative estimate of drug-likeness (QED) is 0.846. The van der Waals surface area contributed by atoms with Gasteiger partial charge in [0.2, 0.25) is 0 Å². The van der Waals surface area contributed by atoms with Gasteiger partial charge in [-0.05, 0) is 54.8 Å². The van der Waals surface area contributed by atoms with Crippen molar-refractivity contribution >= 4 is 27.5 Å². The monoisotopic (exact) mass is 354 g/mol. The highest BCUT2D eigenvalue weighted by Crippen LogP contribution is 2.33. The molecule has 0 aliphatic carbocycles. The number of ether oxygens (including phenoxy) is 1. The van der Waals surface area contributed by atoms with E-state index >= 15 is 0 Å². The van der Waals surface area contributed by atoms with E-state index in [2.05, 4.69) is 15.9 Å². The summed E-state index contributed by atoms with van der Waals surface area (Å²) < 4.78 is 6.26. The van der Waals surface area contributed by atoms with E-state index in [1.54, 1.807) is 6.07 Å². The van der Waals surface area contributed by atoms with Crippen LogP contribution in [0.3, 0.4) is 0 Å². The van der Waals surface area contributed by atoms with Gasteiger partial charge in [-0.3, -0.25) is 0 Å². The molecule has 0 saturated heterocycles. The van der Waals surface area contributed by atoms with E-state index in [-0.39, 0.29) is 0 Å². The topological polar surface area (TPSA) is 29.5 Å². The van der Waals surface area contributed by atoms with Gasteiger partial charge in [0, 0.05) is 9.50 Å². The first-order valence-electron chi connectivity index (χ1n) is 6.39. The van der Waals surface area contributed by atoms with Gasteiger partial charge in [-0.15, -0.1) is 0 Å². The Bertz CT molecular complexity index is 613. The third-order valence-corrected chi connectivity index (χ3v) is 4.03. The molecule has 1 unspecified atom stereocenters. The number of halogens is 2. The van der Waals surface area contributed by atoms with E-state index in [1.165, 1.54) is 0 Å². The number of aryl methyl sites for hydroxylation is 1. The molecule has 0 spiro atoms. The molecule has 0 radical (unpaired) electrons. The summed E-state index contributed by atoms with van der Waals surface area (Å²) in [4.78, 5) is 0. The van der Waals surface area contributed by atoms with Crippen LogP contribution in [0.15, 0.2) is 40.9 Å². The standard InChI is InChI=1S/C16H16BrClO2/c1-3-20-12-5-7-14(15(17)9-12)16(19)13-6-4-11(18)8-10(13)2/h4-9,16,19H,3H2,1-2H3. The zero-order valence-electron chi connectivity index (χ0n) is 11.4. The average Bonchev–Trinajstić information content (AvgIpc) is 2.38. The summed E-state index contributed by atoms with van der Waals surface area (Å²) in [5.74, 6) is 0.781. The SMILES string of the molecule is CCOc1ccc(C(O)c2ccc(Cl)cc2C)c(Br)c1. The second-order valence-electron chi connectivity index (χ2n) is 4.52. The van der Waals surface area contributed by atoms with E-state index in [0.717, 1.165) is 26.9 Å². The van der Waals surface area contributed by atoms with Crippen molar-refractivity contribution in [2.24, 2.45) is 0 Å². The van der Waals surface area contributed by atoms with Crippen LogP contribution in [-0.2, 0) is 0 Å². The molecule has 1 N–H and O–H groups in total. The molecule has 0 aliphatic heterocycles. The Morgan fingerprint density at radius 3 is 2.50 bits per heavy atom. The van der Waals surface area contributed by atoms with Gasteiger partial charge < -0.3 is 9.84 Å². The van der Waals surface area contributed by atoms with Crippen LogP contribution in [0.5, 0.6) is 5.75 Å². The first kappa shape index (κ1) is 15.4. The maximum Gasteiger partial charge on any atom is 0.120 e. The highest BCUT2D eigenvalue weighted by Gasteiger charge is 2.16. The maximum atomic E-state index is 10.6. The van der Waals surface area contributed by atoms with E-state index in [4.69, 9.17) is 16.3 Å². The summed E-state index contributed by atoms with van der Waals surface area (Å²) in [6.45, 7) is 4.49. The zero-order chi connectivity index (χ0) is 14.7. The van der Waals surface area contributed by atoms with Gasteiger partial charge in [0.25, 0.3) is 0 Å². The van der Waals surface area contributed by atoms with Crippen LogP contribution in [0.25, 0.3) is 0 Å². The normalized spacial score (nSPS) is 12.2. The third kappa shape index (κ3) is 3.35. The minimum absolute atomic E-state index is 0.616. The minimum atomic E-state index is -0.697. The summed E-state index contributed by atoms with van der Waals surface area (Å²) >= 11 is 9.44. The van der Waals surface area contributed by atoms with Crippen molar-refractivity contribution in [1.29, 1.82) is 0 Å². The Balaban J connectivity index is 2.35. The number of aliphatic hydroxyl groups excluding tert-OH is 1. The van der Waals surface area contributed by atoms with Gasteiger partial charge in [0.05, 0.1) is 6.61 Å². The fourth-order valence-electron chi connectivity index (χ4n) is 2.10. The Hall–Kier alpha value is -1.03. The molecule has 1 atom stereocenters. The Labute approximate surface area is 132 Å². The fourth-order valence-corrected chi connectivity index (χ4v) is 2.90. The van der Waals surface area contributed by atoms with Gasteiger partial charge in [-0.1, -0.05) is 39.7 Å². The predicted octanol–water partition coefficient (Wildman–Crippen LogP) is 4.89. The van der Waals surface area contributed by atoms with Gasteiger partial charge in [0.15, 0.2) is 0 Å². The molecule has 0 aromatic heterocycles. The van der Waals surface area contributed by atoms with Crippen LogP contribution < -0.4 is 4.74 Å². The van der Waals surface area contributed by atoms with Crippen molar-refractivity contribution in [1.82, 2.24) is 0 Å². The third-order valence-electron chi connectivity index (χ3n) is 3.10. The first-order valence-corrected chi connectivity index (χ1v) is 7.56. The molecule has 20 heavy (non-hydrogen) atoms. The lowest BCUT2D eigenvalue weighted by atomic mass is 9.97. The molecule has 0 amide bonds. The number of rotatable bonds is 4. The predicted molar refractivity (Wildman–Crippen MR) is 85.6 cm³/mol. The summed E-state index contributed by atoms with van der Waals surface area (Å²) in [5.41, 5.74) is 2.61. The lowest BCUT2D eigenvalue weighted by Crippen LogP contribution is -2.03. The largest absolute Gasteiger partial charge is 0.494 e. The lowest BCUT2D eigenvalue weighted by Gasteiger charge is -2.16. The van der Waals surface area contributed by atoms with Crippen LogP contribution in [0.1, 0.15) is 29.7 Å². The van der Waals surface area contributed by atoms with E-state index in [0.29, 0.717) is 11.6 Å². The summed E-state index contributed by atoms with van der Waals surface area (Å²) in [5, 5.41) is 11.2. The van der Waals surface area contributed by atoms with Crippen LogP contribution in [0.4, 0.5) is 0 Å². The highest BCUT2D eigenvalue weighted by molar-refractivity contribution is 9.10. The van der Waals surface area contributed by atoms with Crippen LogP contribution in [0, 0.1) is 6.92 Å². The molecule has 0 saturated carbocycles. The number of aliphatic hydroxyl groups is 1. The summed E-state index contributed by atoms with van der Waals surface area (Å²) in [6.07, 6.45) is -0.697. The second-order valence-corrected chi connectivity index (χ2v) is 5.81. The molecule has 4 heteroatoms. The Kier molecular flexibility index (Phi) is 5.08. The number of hydrogen-bond acceptors (Lipinski definition) is 2. The van der Waals surface area contributed by atoms with Crippen molar-refractivity contribution < 1.29 is 9.84 Å².